The summed E-state index contributed by atoms with van der Waals surface area (Å²) in [5.41, 5.74) is -1.65. The highest BCUT2D eigenvalue weighted by atomic mass is 19.1. The van der Waals surface area contributed by atoms with Crippen molar-refractivity contribution in [2.45, 2.75) is 24.9 Å². The first-order valence-electron chi connectivity index (χ1n) is 7.65. The Labute approximate surface area is 145 Å². The number of benzene rings is 1. The molecule has 0 unspecified atom stereocenters. The van der Waals surface area contributed by atoms with Crippen molar-refractivity contribution in [2.75, 3.05) is 6.61 Å². The topological polar surface area (TPSA) is 105 Å². The molecule has 26 heavy (non-hydrogen) atoms. The van der Waals surface area contributed by atoms with Gasteiger partial charge in [-0.25, -0.2) is 13.6 Å². The maximum absolute atomic E-state index is 13.2. The van der Waals surface area contributed by atoms with Crippen LogP contribution in [0.2, 0.25) is 0 Å². The van der Waals surface area contributed by atoms with Crippen molar-refractivity contribution in [3.8, 4) is 11.8 Å². The maximum atomic E-state index is 13.2. The summed E-state index contributed by atoms with van der Waals surface area (Å²) in [6.07, 6.45) is -1.52. The SMILES string of the molecule is O=c1[nH]c(=O)n([C@H]2C[C@H](O)[C@@H](CO)O2)cc1C#Cc1cc(F)cc(F)c1. The Balaban J connectivity index is 1.96. The van der Waals surface area contributed by atoms with Gasteiger partial charge < -0.3 is 14.9 Å². The third kappa shape index (κ3) is 3.72. The smallest absolute Gasteiger partial charge is 0.330 e. The number of aromatic nitrogens is 2. The number of rotatable bonds is 2. The van der Waals surface area contributed by atoms with Crippen molar-refractivity contribution in [1.29, 1.82) is 0 Å². The van der Waals surface area contributed by atoms with E-state index in [1.54, 1.807) is 0 Å². The van der Waals surface area contributed by atoms with Gasteiger partial charge in [-0.15, -0.1) is 0 Å². The van der Waals surface area contributed by atoms with Crippen LogP contribution in [0.1, 0.15) is 23.8 Å². The first kappa shape index (κ1) is 18.0. The molecular formula is C17H14F2N2O5. The highest BCUT2D eigenvalue weighted by Crippen LogP contribution is 2.27. The van der Waals surface area contributed by atoms with E-state index in [0.717, 1.165) is 22.9 Å². The Kier molecular flexibility index (Phi) is 4.99. The Morgan fingerprint density at radius 2 is 1.92 bits per heavy atom. The zero-order chi connectivity index (χ0) is 18.8. The summed E-state index contributed by atoms with van der Waals surface area (Å²) in [5, 5.41) is 18.9. The van der Waals surface area contributed by atoms with E-state index < -0.39 is 47.9 Å². The lowest BCUT2D eigenvalue weighted by atomic mass is 10.2. The van der Waals surface area contributed by atoms with Gasteiger partial charge in [0.15, 0.2) is 0 Å². The predicted molar refractivity (Wildman–Crippen MR) is 85.3 cm³/mol. The second-order valence-corrected chi connectivity index (χ2v) is 5.73. The summed E-state index contributed by atoms with van der Waals surface area (Å²) in [5.74, 6) is 3.29. The molecule has 1 aromatic carbocycles. The molecule has 3 rings (SSSR count). The van der Waals surface area contributed by atoms with E-state index in [-0.39, 0.29) is 17.5 Å². The second kappa shape index (κ2) is 7.21. The molecule has 2 heterocycles. The number of nitrogens with one attached hydrogen (secondary N) is 1. The van der Waals surface area contributed by atoms with E-state index in [1.807, 2.05) is 0 Å². The van der Waals surface area contributed by atoms with Crippen LogP contribution < -0.4 is 11.2 Å². The third-order valence-electron chi connectivity index (χ3n) is 3.87. The zero-order valence-corrected chi connectivity index (χ0v) is 13.3. The number of halogens is 2. The van der Waals surface area contributed by atoms with Crippen molar-refractivity contribution in [3.63, 3.8) is 0 Å². The van der Waals surface area contributed by atoms with E-state index in [1.165, 1.54) is 0 Å². The minimum Gasteiger partial charge on any atom is -0.394 e. The number of nitrogens with zero attached hydrogens (tertiary/aromatic N) is 1. The summed E-state index contributed by atoms with van der Waals surface area (Å²) in [4.78, 5) is 25.9. The molecule has 1 aliphatic rings. The summed E-state index contributed by atoms with van der Waals surface area (Å²) < 4.78 is 32.8. The molecule has 136 valence electrons. The molecule has 0 bridgehead atoms. The summed E-state index contributed by atoms with van der Waals surface area (Å²) in [6, 6.07) is 2.70. The molecule has 3 atom stereocenters. The lowest BCUT2D eigenvalue weighted by molar-refractivity contribution is -0.0459. The van der Waals surface area contributed by atoms with Crippen LogP contribution in [-0.2, 0) is 4.74 Å². The van der Waals surface area contributed by atoms with Gasteiger partial charge in [0, 0.05) is 24.2 Å². The van der Waals surface area contributed by atoms with Gasteiger partial charge >= 0.3 is 5.69 Å². The fourth-order valence-electron chi connectivity index (χ4n) is 2.60. The molecule has 1 aliphatic heterocycles. The molecule has 1 aromatic heterocycles. The number of H-pyrrole nitrogens is 1. The van der Waals surface area contributed by atoms with Gasteiger partial charge in [-0.1, -0.05) is 11.8 Å². The Morgan fingerprint density at radius 3 is 2.54 bits per heavy atom. The van der Waals surface area contributed by atoms with Crippen LogP contribution in [0.5, 0.6) is 0 Å². The minimum absolute atomic E-state index is 0.0209. The maximum Gasteiger partial charge on any atom is 0.330 e. The lowest BCUT2D eigenvalue weighted by Gasteiger charge is -2.14. The Hall–Kier alpha value is -2.80. The Bertz CT molecular complexity index is 984. The second-order valence-electron chi connectivity index (χ2n) is 5.73. The van der Waals surface area contributed by atoms with Crippen LogP contribution in [-0.4, -0.2) is 38.6 Å². The monoisotopic (exact) mass is 364 g/mol. The quantitative estimate of drug-likeness (QED) is 0.643. The van der Waals surface area contributed by atoms with E-state index in [4.69, 9.17) is 9.84 Å². The molecule has 0 saturated carbocycles. The number of aliphatic hydroxyl groups excluding tert-OH is 2. The van der Waals surface area contributed by atoms with E-state index in [2.05, 4.69) is 16.8 Å². The third-order valence-corrected chi connectivity index (χ3v) is 3.87. The van der Waals surface area contributed by atoms with Crippen molar-refractivity contribution in [3.05, 3.63) is 68.0 Å². The Morgan fingerprint density at radius 1 is 1.23 bits per heavy atom. The average molecular weight is 364 g/mol. The highest BCUT2D eigenvalue weighted by molar-refractivity contribution is 5.41. The van der Waals surface area contributed by atoms with Gasteiger partial charge in [0.05, 0.1) is 12.7 Å². The summed E-state index contributed by atoms with van der Waals surface area (Å²) >= 11 is 0. The predicted octanol–water partition coefficient (Wildman–Crippen LogP) is -0.145. The van der Waals surface area contributed by atoms with E-state index in [0.29, 0.717) is 6.07 Å². The van der Waals surface area contributed by atoms with Gasteiger partial charge in [-0.3, -0.25) is 14.3 Å². The number of aliphatic hydroxyl groups is 2. The van der Waals surface area contributed by atoms with Gasteiger partial charge in [0.1, 0.15) is 29.5 Å². The van der Waals surface area contributed by atoms with Crippen molar-refractivity contribution >= 4 is 0 Å². The molecular weight excluding hydrogens is 350 g/mol. The first-order chi connectivity index (χ1) is 12.4. The molecule has 7 nitrogen and oxygen atoms in total. The first-order valence-corrected chi connectivity index (χ1v) is 7.65. The number of ether oxygens (including phenoxy) is 1. The molecule has 0 radical (unpaired) electrons. The van der Waals surface area contributed by atoms with Crippen LogP contribution >= 0.6 is 0 Å². The van der Waals surface area contributed by atoms with Crippen LogP contribution in [0.4, 0.5) is 8.78 Å². The number of hydrogen-bond donors (Lipinski definition) is 3. The molecule has 1 fully saturated rings. The lowest BCUT2D eigenvalue weighted by Crippen LogP contribution is -2.33. The molecule has 9 heteroatoms. The molecule has 2 aromatic rings. The summed E-state index contributed by atoms with van der Waals surface area (Å²) in [7, 11) is 0. The van der Waals surface area contributed by atoms with Gasteiger partial charge in [-0.05, 0) is 12.1 Å². The fraction of sp³-hybridized carbons (Fsp3) is 0.294. The minimum atomic E-state index is -0.964. The number of aromatic amines is 1. The van der Waals surface area contributed by atoms with Crippen molar-refractivity contribution < 1.29 is 23.7 Å². The van der Waals surface area contributed by atoms with Gasteiger partial charge in [0.2, 0.25) is 0 Å². The molecule has 0 amide bonds. The van der Waals surface area contributed by atoms with Crippen LogP contribution in [0, 0.1) is 23.5 Å². The normalized spacial score (nSPS) is 22.1. The molecule has 1 saturated heterocycles. The standard InChI is InChI=1S/C17H14F2N2O5/c18-11-3-9(4-12(19)5-11)1-2-10-7-21(17(25)20-16(10)24)15-6-13(23)14(8-22)26-15/h3-5,7,13-15,22-23H,6,8H2,(H,20,24,25)/t13-,14+,15+/m0/s1. The van der Waals surface area contributed by atoms with Crippen LogP contribution in [0.25, 0.3) is 0 Å². The highest BCUT2D eigenvalue weighted by Gasteiger charge is 2.35. The van der Waals surface area contributed by atoms with Crippen molar-refractivity contribution in [2.24, 2.45) is 0 Å². The molecule has 0 spiro atoms. The average Bonchev–Trinajstić information content (AvgIpc) is 2.94. The zero-order valence-electron chi connectivity index (χ0n) is 13.3. The molecule has 0 aliphatic carbocycles. The van der Waals surface area contributed by atoms with Crippen LogP contribution in [0.15, 0.2) is 34.0 Å². The van der Waals surface area contributed by atoms with Gasteiger partial charge in [-0.2, -0.15) is 0 Å². The van der Waals surface area contributed by atoms with Crippen LogP contribution in [0.3, 0.4) is 0 Å². The largest absolute Gasteiger partial charge is 0.394 e. The van der Waals surface area contributed by atoms with E-state index in [9.17, 15) is 23.5 Å². The van der Waals surface area contributed by atoms with Crippen molar-refractivity contribution in [1.82, 2.24) is 9.55 Å². The van der Waals surface area contributed by atoms with E-state index >= 15 is 0 Å². The number of hydrogen-bond acceptors (Lipinski definition) is 5. The van der Waals surface area contributed by atoms with Gasteiger partial charge in [0.25, 0.3) is 5.56 Å². The fourth-order valence-corrected chi connectivity index (χ4v) is 2.60. The molecule has 3 N–H and O–H groups in total. The summed E-state index contributed by atoms with van der Waals surface area (Å²) in [6.45, 7) is -0.423.